The summed E-state index contributed by atoms with van der Waals surface area (Å²) in [7, 11) is 0. The molecule has 3 saturated carbocycles. The Labute approximate surface area is 282 Å². The van der Waals surface area contributed by atoms with E-state index in [9.17, 15) is 15.3 Å². The lowest BCUT2D eigenvalue weighted by atomic mass is 9.64. The van der Waals surface area contributed by atoms with Crippen LogP contribution in [0.25, 0.3) is 18.2 Å². The van der Waals surface area contributed by atoms with Gasteiger partial charge in [0, 0.05) is 0 Å². The zero-order valence-corrected chi connectivity index (χ0v) is 28.1. The van der Waals surface area contributed by atoms with Crippen molar-refractivity contribution in [2.24, 2.45) is 23.7 Å². The van der Waals surface area contributed by atoms with Crippen LogP contribution in [0.2, 0.25) is 0 Å². The largest absolute Gasteiger partial charge is 0.385 e. The normalized spacial score (nSPS) is 27.5. The number of hydrogen-bond acceptors (Lipinski definition) is 3. The fourth-order valence-corrected chi connectivity index (χ4v) is 9.54. The number of hydrogen-bond donors (Lipinski definition) is 3. The zero-order chi connectivity index (χ0) is 33.1. The van der Waals surface area contributed by atoms with Crippen molar-refractivity contribution in [3.63, 3.8) is 0 Å². The molecule has 0 aromatic heterocycles. The van der Waals surface area contributed by atoms with Gasteiger partial charge >= 0.3 is 0 Å². The monoisotopic (exact) mass is 630 g/mol. The van der Waals surface area contributed by atoms with Crippen molar-refractivity contribution in [3.05, 3.63) is 126 Å². The minimum Gasteiger partial charge on any atom is -0.385 e. The summed E-state index contributed by atoms with van der Waals surface area (Å²) in [5.74, 6) is 0.857. The Morgan fingerprint density at radius 2 is 1.06 bits per heavy atom. The van der Waals surface area contributed by atoms with Crippen LogP contribution >= 0.6 is 0 Å². The van der Waals surface area contributed by atoms with Crippen LogP contribution in [0.4, 0.5) is 0 Å². The Kier molecular flexibility index (Phi) is 10.1. The van der Waals surface area contributed by atoms with Gasteiger partial charge in [0.25, 0.3) is 0 Å². The van der Waals surface area contributed by atoms with Crippen LogP contribution in [0.3, 0.4) is 0 Å². The molecule has 3 aromatic rings. The van der Waals surface area contributed by atoms with Crippen LogP contribution in [0.1, 0.15) is 117 Å². The summed E-state index contributed by atoms with van der Waals surface area (Å²) in [6.45, 7) is 11.7. The molecule has 3 aliphatic rings. The summed E-state index contributed by atoms with van der Waals surface area (Å²) in [4.78, 5) is 0. The number of benzene rings is 3. The van der Waals surface area contributed by atoms with E-state index in [1.54, 1.807) is 0 Å². The molecule has 6 atom stereocenters. The van der Waals surface area contributed by atoms with Crippen LogP contribution in [-0.2, 0) is 16.8 Å². The third-order valence-corrected chi connectivity index (χ3v) is 12.3. The molecule has 3 heteroatoms. The second kappa shape index (κ2) is 14.1. The highest BCUT2D eigenvalue weighted by atomic mass is 16.3. The van der Waals surface area contributed by atoms with E-state index in [-0.39, 0.29) is 17.8 Å². The Balaban J connectivity index is 1.26. The van der Waals surface area contributed by atoms with Crippen LogP contribution in [0.15, 0.2) is 92.5 Å². The van der Waals surface area contributed by atoms with Gasteiger partial charge in [-0.25, -0.2) is 0 Å². The third kappa shape index (κ3) is 7.00. The topological polar surface area (TPSA) is 60.7 Å². The molecule has 0 aliphatic heterocycles. The molecule has 0 saturated heterocycles. The fourth-order valence-electron chi connectivity index (χ4n) is 9.54. The Hall–Kier alpha value is -3.24. The molecule has 6 rings (SSSR count). The van der Waals surface area contributed by atoms with Crippen molar-refractivity contribution in [3.8, 4) is 0 Å². The van der Waals surface area contributed by atoms with Gasteiger partial charge in [-0.1, -0.05) is 136 Å². The summed E-state index contributed by atoms with van der Waals surface area (Å²) in [5, 5.41) is 37.3. The van der Waals surface area contributed by atoms with E-state index in [1.807, 2.05) is 42.5 Å². The predicted octanol–water partition coefficient (Wildman–Crippen LogP) is 10.2. The molecule has 3 nitrogen and oxygen atoms in total. The first kappa shape index (κ1) is 33.7. The summed E-state index contributed by atoms with van der Waals surface area (Å²) >= 11 is 0. The van der Waals surface area contributed by atoms with Crippen molar-refractivity contribution >= 4 is 18.2 Å². The first-order valence-electron chi connectivity index (χ1n) is 18.0. The van der Waals surface area contributed by atoms with Crippen molar-refractivity contribution in [1.29, 1.82) is 0 Å². The van der Waals surface area contributed by atoms with E-state index in [4.69, 9.17) is 0 Å². The van der Waals surface area contributed by atoms with E-state index in [0.29, 0.717) is 25.2 Å². The molecule has 47 heavy (non-hydrogen) atoms. The molecule has 0 spiro atoms. The van der Waals surface area contributed by atoms with Gasteiger partial charge in [0.1, 0.15) is 0 Å². The van der Waals surface area contributed by atoms with Crippen molar-refractivity contribution in [2.45, 2.75) is 100 Å². The molecule has 3 aromatic carbocycles. The van der Waals surface area contributed by atoms with Gasteiger partial charge in [-0.3, -0.25) is 0 Å². The predicted molar refractivity (Wildman–Crippen MR) is 195 cm³/mol. The van der Waals surface area contributed by atoms with E-state index in [1.165, 1.54) is 12.8 Å². The maximum atomic E-state index is 13.0. The van der Waals surface area contributed by atoms with Gasteiger partial charge in [-0.2, -0.15) is 0 Å². The van der Waals surface area contributed by atoms with Crippen molar-refractivity contribution < 1.29 is 15.3 Å². The Morgan fingerprint density at radius 3 is 1.60 bits per heavy atom. The maximum absolute atomic E-state index is 13.0. The summed E-state index contributed by atoms with van der Waals surface area (Å²) in [5.41, 5.74) is 3.34. The van der Waals surface area contributed by atoms with Gasteiger partial charge in [-0.15, -0.1) is 0 Å². The Morgan fingerprint density at radius 1 is 0.596 bits per heavy atom. The first-order chi connectivity index (χ1) is 22.7. The minimum atomic E-state index is -1.02. The van der Waals surface area contributed by atoms with Gasteiger partial charge in [0.2, 0.25) is 0 Å². The molecule has 3 fully saturated rings. The average Bonchev–Trinajstić information content (AvgIpc) is 3.80. The highest BCUT2D eigenvalue weighted by molar-refractivity contribution is 5.49. The molecule has 3 N–H and O–H groups in total. The van der Waals surface area contributed by atoms with E-state index >= 15 is 0 Å². The zero-order valence-electron chi connectivity index (χ0n) is 28.1. The molecule has 0 amide bonds. The summed E-state index contributed by atoms with van der Waals surface area (Å²) in [6, 6.07) is 24.8. The second-order valence-electron chi connectivity index (χ2n) is 15.1. The van der Waals surface area contributed by atoms with Crippen LogP contribution in [0, 0.1) is 23.7 Å². The molecule has 0 radical (unpaired) electrons. The van der Waals surface area contributed by atoms with E-state index < -0.39 is 16.8 Å². The molecule has 0 bridgehead atoms. The highest BCUT2D eigenvalue weighted by Crippen LogP contribution is 2.53. The van der Waals surface area contributed by atoms with Gasteiger partial charge in [0.15, 0.2) is 0 Å². The van der Waals surface area contributed by atoms with Crippen molar-refractivity contribution in [2.75, 3.05) is 0 Å². The lowest BCUT2D eigenvalue weighted by Crippen LogP contribution is -2.42. The van der Waals surface area contributed by atoms with E-state index in [0.717, 1.165) is 84.7 Å². The Bertz CT molecular complexity index is 1520. The highest BCUT2D eigenvalue weighted by Gasteiger charge is 2.48. The average molecular weight is 631 g/mol. The molecule has 6 unspecified atom stereocenters. The smallest absolute Gasteiger partial charge is 0.0927 e. The van der Waals surface area contributed by atoms with Gasteiger partial charge < -0.3 is 15.3 Å². The first-order valence-corrected chi connectivity index (χ1v) is 18.0. The molecular weight excluding hydrogens is 576 g/mol. The van der Waals surface area contributed by atoms with Crippen molar-refractivity contribution in [1.82, 2.24) is 0 Å². The number of aliphatic hydroxyl groups is 3. The fraction of sp³-hybridized carbons (Fsp3) is 0.455. The van der Waals surface area contributed by atoms with Gasteiger partial charge in [-0.05, 0) is 115 Å². The third-order valence-electron chi connectivity index (χ3n) is 12.3. The van der Waals surface area contributed by atoms with Gasteiger partial charge in [0.05, 0.1) is 16.8 Å². The minimum absolute atomic E-state index is 0.0763. The standard InChI is InChI=1S/C44H54O3/c1-4-32-14-20-37(21-15-32)42(45)27-26-36(29-42)31-44(47,40-24-18-34(6-3)19-25-40)41-13-9-10-35(28-41)30-43(46,38-11-7-8-12-38)39-22-16-33(5-2)17-23-39/h4-6,14-25,35-36,38,41,45-47H,1-3,7-13,26-31H2. The number of rotatable bonds is 12. The lowest BCUT2D eigenvalue weighted by Gasteiger charge is -2.45. The van der Waals surface area contributed by atoms with Crippen LogP contribution < -0.4 is 0 Å². The quantitative estimate of drug-likeness (QED) is 0.187. The molecular formula is C44H54O3. The summed E-state index contributed by atoms with van der Waals surface area (Å²) < 4.78 is 0. The van der Waals surface area contributed by atoms with Crippen LogP contribution in [-0.4, -0.2) is 15.3 Å². The lowest BCUT2D eigenvalue weighted by molar-refractivity contribution is -0.0856. The van der Waals surface area contributed by atoms with Crippen LogP contribution in [0.5, 0.6) is 0 Å². The molecule has 3 aliphatic carbocycles. The summed E-state index contributed by atoms with van der Waals surface area (Å²) in [6.07, 6.45) is 17.6. The van der Waals surface area contributed by atoms with E-state index in [2.05, 4.69) is 68.3 Å². The molecule has 0 heterocycles. The maximum Gasteiger partial charge on any atom is 0.0927 e. The molecule has 248 valence electrons. The SMILES string of the molecule is C=Cc1ccc(C2(O)CCC(CC(O)(c3ccc(C=C)cc3)C3CCCC(CC(O)(c4ccc(C=C)cc4)C4CCCC4)C3)C2)cc1. The second-order valence-corrected chi connectivity index (χ2v) is 15.1.